The van der Waals surface area contributed by atoms with Crippen LogP contribution in [0.2, 0.25) is 0 Å². The number of anilines is 1. The van der Waals surface area contributed by atoms with E-state index in [0.29, 0.717) is 16.7 Å². The average molecular weight is 618 g/mol. The number of nitrogen functional groups attached to an aromatic ring is 1. The second-order valence-electron chi connectivity index (χ2n) is 7.58. The first-order chi connectivity index (χ1) is 14.1. The summed E-state index contributed by atoms with van der Waals surface area (Å²) in [5, 5.41) is 11.7. The molecule has 0 saturated carbocycles. The minimum atomic E-state index is -0.178. The number of carbonyl (C=O) groups is 1. The van der Waals surface area contributed by atoms with Gasteiger partial charge < -0.3 is 11.2 Å². The van der Waals surface area contributed by atoms with Crippen LogP contribution in [0.25, 0.3) is 11.4 Å². The zero-order valence-electron chi connectivity index (χ0n) is 16.5. The van der Waals surface area contributed by atoms with E-state index in [-0.39, 0.29) is 17.1 Å². The lowest BCUT2D eigenvalue weighted by atomic mass is 9.87. The lowest BCUT2D eigenvalue weighted by molar-refractivity contribution is -0.113. The molecule has 3 aromatic rings. The number of benzene rings is 2. The molecule has 0 aliphatic heterocycles. The molecular weight excluding hydrogens is 598 g/mol. The van der Waals surface area contributed by atoms with Gasteiger partial charge >= 0.3 is 0 Å². The van der Waals surface area contributed by atoms with Gasteiger partial charge in [0.25, 0.3) is 0 Å². The fourth-order valence-electron chi connectivity index (χ4n) is 2.66. The summed E-state index contributed by atoms with van der Waals surface area (Å²) in [7, 11) is 0. The highest BCUT2D eigenvalue weighted by Crippen LogP contribution is 2.34. The van der Waals surface area contributed by atoms with E-state index in [9.17, 15) is 4.79 Å². The van der Waals surface area contributed by atoms with Gasteiger partial charge in [-0.3, -0.25) is 4.79 Å². The molecule has 1 heterocycles. The van der Waals surface area contributed by atoms with Gasteiger partial charge in [0.2, 0.25) is 11.1 Å². The number of hydrogen-bond donors (Lipinski definition) is 2. The summed E-state index contributed by atoms with van der Waals surface area (Å²) in [5.74, 6) is 6.70. The number of aromatic nitrogens is 3. The van der Waals surface area contributed by atoms with Crippen LogP contribution in [0.1, 0.15) is 26.3 Å². The molecule has 158 valence electrons. The van der Waals surface area contributed by atoms with Gasteiger partial charge in [-0.2, -0.15) is 0 Å². The number of amides is 1. The fraction of sp³-hybridized carbons (Fsp3) is 0.250. The van der Waals surface area contributed by atoms with Gasteiger partial charge in [0.1, 0.15) is 0 Å². The average Bonchev–Trinajstić information content (AvgIpc) is 3.03. The second kappa shape index (κ2) is 9.42. The van der Waals surface area contributed by atoms with Crippen molar-refractivity contribution in [3.8, 4) is 11.4 Å². The fourth-order valence-corrected chi connectivity index (χ4v) is 5.77. The van der Waals surface area contributed by atoms with Gasteiger partial charge in [0, 0.05) is 19.0 Å². The molecule has 10 heteroatoms. The Labute approximate surface area is 204 Å². The van der Waals surface area contributed by atoms with Crippen LogP contribution in [0.15, 0.2) is 55.0 Å². The minimum absolute atomic E-state index is 0.0715. The first kappa shape index (κ1) is 23.3. The molecule has 0 spiro atoms. The third kappa shape index (κ3) is 5.46. The van der Waals surface area contributed by atoms with E-state index in [1.54, 1.807) is 0 Å². The van der Waals surface area contributed by atoms with Crippen LogP contribution in [0, 0.1) is 0 Å². The van der Waals surface area contributed by atoms with Crippen LogP contribution in [0.4, 0.5) is 5.69 Å². The normalized spacial score (nSPS) is 11.5. The third-order valence-electron chi connectivity index (χ3n) is 4.28. The van der Waals surface area contributed by atoms with Crippen LogP contribution in [0.5, 0.6) is 0 Å². The molecule has 0 atom stereocenters. The predicted octanol–water partition coefficient (Wildman–Crippen LogP) is 5.97. The van der Waals surface area contributed by atoms with Crippen LogP contribution < -0.4 is 11.2 Å². The number of nitrogens with one attached hydrogen (secondary N) is 1. The van der Waals surface area contributed by atoms with E-state index >= 15 is 0 Å². The van der Waals surface area contributed by atoms with Crippen molar-refractivity contribution in [2.24, 2.45) is 0 Å². The second-order valence-corrected chi connectivity index (χ2v) is 11.2. The molecule has 0 aliphatic rings. The highest BCUT2D eigenvalue weighted by Gasteiger charge is 2.17. The van der Waals surface area contributed by atoms with Crippen molar-refractivity contribution in [2.45, 2.75) is 31.3 Å². The van der Waals surface area contributed by atoms with Crippen molar-refractivity contribution in [1.82, 2.24) is 14.9 Å². The molecule has 0 fully saturated rings. The summed E-state index contributed by atoms with van der Waals surface area (Å²) in [6.45, 7) is 6.50. The van der Waals surface area contributed by atoms with Crippen molar-refractivity contribution >= 4 is 71.1 Å². The third-order valence-corrected chi connectivity index (χ3v) is 6.93. The van der Waals surface area contributed by atoms with E-state index in [4.69, 9.17) is 5.84 Å². The quantitative estimate of drug-likeness (QED) is 0.272. The van der Waals surface area contributed by atoms with Crippen molar-refractivity contribution in [2.75, 3.05) is 16.9 Å². The van der Waals surface area contributed by atoms with Crippen LogP contribution in [0.3, 0.4) is 0 Å². The number of thioether (sulfide) groups is 1. The summed E-state index contributed by atoms with van der Waals surface area (Å²) >= 11 is 11.5. The number of carbonyl (C=O) groups excluding carboxylic acids is 1. The maximum absolute atomic E-state index is 12.4. The van der Waals surface area contributed by atoms with E-state index in [2.05, 4.69) is 96.2 Å². The van der Waals surface area contributed by atoms with Crippen molar-refractivity contribution in [1.29, 1.82) is 0 Å². The maximum Gasteiger partial charge on any atom is 0.234 e. The summed E-state index contributed by atoms with van der Waals surface area (Å²) in [5.41, 5.74) is 2.84. The van der Waals surface area contributed by atoms with Gasteiger partial charge in [0.05, 0.1) is 11.4 Å². The van der Waals surface area contributed by atoms with Gasteiger partial charge in [-0.25, -0.2) is 4.68 Å². The predicted molar refractivity (Wildman–Crippen MR) is 133 cm³/mol. The number of nitrogens with two attached hydrogens (primary N) is 1. The standard InChI is InChI=1S/C20H20Br3N5OS/c1-20(2,3)12-6-4-11(5-7-12)18-26-27-19(28(18)24)30-10-16(29)25-17-14(22)8-13(21)9-15(17)23/h4-9H,10,24H2,1-3H3,(H,25,29). The molecule has 2 aromatic carbocycles. The number of rotatable bonds is 5. The number of halogens is 3. The molecular formula is C20H20Br3N5OS. The smallest absolute Gasteiger partial charge is 0.234 e. The Bertz CT molecular complexity index is 1050. The molecule has 3 N–H and O–H groups in total. The highest BCUT2D eigenvalue weighted by atomic mass is 79.9. The first-order valence-electron chi connectivity index (χ1n) is 8.95. The number of hydrogen-bond acceptors (Lipinski definition) is 5. The highest BCUT2D eigenvalue weighted by molar-refractivity contribution is 9.11. The van der Waals surface area contributed by atoms with Crippen LogP contribution >= 0.6 is 59.6 Å². The van der Waals surface area contributed by atoms with Gasteiger partial charge in [0.15, 0.2) is 5.82 Å². The summed E-state index contributed by atoms with van der Waals surface area (Å²) < 4.78 is 3.85. The Hall–Kier alpha value is -1.36. The minimum Gasteiger partial charge on any atom is -0.335 e. The van der Waals surface area contributed by atoms with Crippen LogP contribution in [-0.4, -0.2) is 26.5 Å². The Morgan fingerprint density at radius 1 is 1.10 bits per heavy atom. The van der Waals surface area contributed by atoms with E-state index in [1.165, 1.54) is 22.0 Å². The Balaban J connectivity index is 1.68. The SMILES string of the molecule is CC(C)(C)c1ccc(-c2nnc(SCC(=O)Nc3c(Br)cc(Br)cc3Br)n2N)cc1. The van der Waals surface area contributed by atoms with Gasteiger partial charge in [-0.05, 0) is 55.0 Å². The van der Waals surface area contributed by atoms with E-state index < -0.39 is 0 Å². The van der Waals surface area contributed by atoms with E-state index in [1.807, 2.05) is 24.3 Å². The van der Waals surface area contributed by atoms with Gasteiger partial charge in [-0.1, -0.05) is 72.7 Å². The molecule has 0 unspecified atom stereocenters. The molecule has 30 heavy (non-hydrogen) atoms. The maximum atomic E-state index is 12.4. The summed E-state index contributed by atoms with van der Waals surface area (Å²) in [4.78, 5) is 12.4. The molecule has 0 saturated heterocycles. The topological polar surface area (TPSA) is 85.8 Å². The molecule has 1 amide bonds. The van der Waals surface area contributed by atoms with Gasteiger partial charge in [-0.15, -0.1) is 10.2 Å². The lowest BCUT2D eigenvalue weighted by Crippen LogP contribution is -2.17. The molecule has 6 nitrogen and oxygen atoms in total. The van der Waals surface area contributed by atoms with E-state index in [0.717, 1.165) is 19.0 Å². The summed E-state index contributed by atoms with van der Waals surface area (Å²) in [6, 6.07) is 11.8. The van der Waals surface area contributed by atoms with Crippen molar-refractivity contribution in [3.63, 3.8) is 0 Å². The van der Waals surface area contributed by atoms with Crippen molar-refractivity contribution in [3.05, 3.63) is 55.4 Å². The molecule has 0 aliphatic carbocycles. The molecule has 0 bridgehead atoms. The molecule has 1 aromatic heterocycles. The molecule has 0 radical (unpaired) electrons. The monoisotopic (exact) mass is 615 g/mol. The van der Waals surface area contributed by atoms with Crippen LogP contribution in [-0.2, 0) is 10.2 Å². The Kier molecular flexibility index (Phi) is 7.32. The van der Waals surface area contributed by atoms with Crippen molar-refractivity contribution < 1.29 is 4.79 Å². The zero-order valence-corrected chi connectivity index (χ0v) is 22.1. The first-order valence-corrected chi connectivity index (χ1v) is 12.3. The number of nitrogens with zero attached hydrogens (tertiary/aromatic N) is 3. The lowest BCUT2D eigenvalue weighted by Gasteiger charge is -2.19. The Morgan fingerprint density at radius 2 is 1.70 bits per heavy atom. The zero-order chi connectivity index (χ0) is 22.1. The largest absolute Gasteiger partial charge is 0.335 e. The Morgan fingerprint density at radius 3 is 2.27 bits per heavy atom. The summed E-state index contributed by atoms with van der Waals surface area (Å²) in [6.07, 6.45) is 0. The molecule has 3 rings (SSSR count).